The Kier molecular flexibility index (Phi) is 5.35. The van der Waals surface area contributed by atoms with Gasteiger partial charge in [0.15, 0.2) is 9.84 Å². The first-order chi connectivity index (χ1) is 13.0. The third-order valence-corrected chi connectivity index (χ3v) is 7.13. The lowest BCUT2D eigenvalue weighted by molar-refractivity contribution is -0.0442. The molecule has 4 rings (SSSR count). The predicted molar refractivity (Wildman–Crippen MR) is 108 cm³/mol. The maximum Gasteiger partial charge on any atom is 0.175 e. The van der Waals surface area contributed by atoms with E-state index in [2.05, 4.69) is 40.1 Å². The Labute approximate surface area is 162 Å². The highest BCUT2D eigenvalue weighted by Crippen LogP contribution is 2.33. The third-order valence-electron chi connectivity index (χ3n) is 6.00. The molecule has 144 valence electrons. The van der Waals surface area contributed by atoms with Crippen LogP contribution in [0.4, 0.5) is 0 Å². The van der Waals surface area contributed by atoms with Gasteiger partial charge in [-0.05, 0) is 48.6 Å². The monoisotopic (exact) mass is 384 g/mol. The van der Waals surface area contributed by atoms with E-state index in [9.17, 15) is 8.42 Å². The molecule has 0 unspecified atom stereocenters. The Balaban J connectivity index is 1.26. The lowest BCUT2D eigenvalue weighted by Gasteiger charge is -2.53. The molecule has 2 aliphatic rings. The molecule has 0 aromatic heterocycles. The Morgan fingerprint density at radius 1 is 0.963 bits per heavy atom. The van der Waals surface area contributed by atoms with Gasteiger partial charge in [0.05, 0.1) is 4.90 Å². The fraction of sp³-hybridized carbons (Fsp3) is 0.455. The number of fused-ring (bicyclic) bond motifs is 1. The van der Waals surface area contributed by atoms with Crippen LogP contribution in [0.2, 0.25) is 0 Å². The summed E-state index contributed by atoms with van der Waals surface area (Å²) in [5, 5.41) is 0. The van der Waals surface area contributed by atoms with Crippen molar-refractivity contribution in [3.05, 3.63) is 65.7 Å². The zero-order chi connectivity index (χ0) is 18.9. The summed E-state index contributed by atoms with van der Waals surface area (Å²) in [6.07, 6.45) is 3.63. The van der Waals surface area contributed by atoms with Gasteiger partial charge in [-0.3, -0.25) is 9.80 Å². The van der Waals surface area contributed by atoms with Gasteiger partial charge in [-0.15, -0.1) is 0 Å². The van der Waals surface area contributed by atoms with Crippen molar-refractivity contribution < 1.29 is 8.42 Å². The van der Waals surface area contributed by atoms with E-state index in [-0.39, 0.29) is 0 Å². The standard InChI is InChI=1S/C22H28N2O2S/c1-27(25,26)21-9-7-19(8-10-21)15-23-13-12-22-20(16-23)17-24(22)14-11-18-5-3-2-4-6-18/h2-10,20,22H,11-17H2,1H3/t20-,22-/m0/s1. The fourth-order valence-electron chi connectivity index (χ4n) is 4.47. The molecule has 2 atom stereocenters. The van der Waals surface area contributed by atoms with Gasteiger partial charge in [-0.1, -0.05) is 42.5 Å². The largest absolute Gasteiger partial charge is 0.299 e. The van der Waals surface area contributed by atoms with E-state index in [1.807, 2.05) is 12.1 Å². The number of benzene rings is 2. The maximum atomic E-state index is 11.6. The maximum absolute atomic E-state index is 11.6. The van der Waals surface area contributed by atoms with Crippen molar-refractivity contribution >= 4 is 9.84 Å². The molecule has 0 bridgehead atoms. The van der Waals surface area contributed by atoms with Gasteiger partial charge in [0, 0.05) is 38.5 Å². The normalized spacial score (nSPS) is 23.6. The zero-order valence-corrected chi connectivity index (χ0v) is 16.7. The summed E-state index contributed by atoms with van der Waals surface area (Å²) in [4.78, 5) is 5.57. The third kappa shape index (κ3) is 4.42. The van der Waals surface area contributed by atoms with E-state index in [1.165, 1.54) is 30.3 Å². The van der Waals surface area contributed by atoms with Crippen molar-refractivity contribution in [3.63, 3.8) is 0 Å². The van der Waals surface area contributed by atoms with E-state index >= 15 is 0 Å². The molecular weight excluding hydrogens is 356 g/mol. The Morgan fingerprint density at radius 3 is 2.37 bits per heavy atom. The van der Waals surface area contributed by atoms with E-state index in [4.69, 9.17) is 0 Å². The molecule has 2 heterocycles. The second kappa shape index (κ2) is 7.74. The molecule has 5 heteroatoms. The quantitative estimate of drug-likeness (QED) is 0.768. The van der Waals surface area contributed by atoms with Gasteiger partial charge >= 0.3 is 0 Å². The summed E-state index contributed by atoms with van der Waals surface area (Å²) >= 11 is 0. The van der Waals surface area contributed by atoms with Crippen LogP contribution in [0.5, 0.6) is 0 Å². The average molecular weight is 385 g/mol. The lowest BCUT2D eigenvalue weighted by Crippen LogP contribution is -2.63. The fourth-order valence-corrected chi connectivity index (χ4v) is 5.10. The molecule has 2 saturated heterocycles. The highest BCUT2D eigenvalue weighted by atomic mass is 32.2. The smallest absolute Gasteiger partial charge is 0.175 e. The number of hydrogen-bond acceptors (Lipinski definition) is 4. The first-order valence-corrected chi connectivity index (χ1v) is 11.7. The summed E-state index contributed by atoms with van der Waals surface area (Å²) in [6, 6.07) is 18.9. The van der Waals surface area contributed by atoms with Gasteiger partial charge in [-0.25, -0.2) is 8.42 Å². The second-order valence-corrected chi connectivity index (χ2v) is 10.0. The van der Waals surface area contributed by atoms with Crippen molar-refractivity contribution in [2.24, 2.45) is 5.92 Å². The topological polar surface area (TPSA) is 40.6 Å². The molecule has 0 radical (unpaired) electrons. The van der Waals surface area contributed by atoms with E-state index < -0.39 is 9.84 Å². The first-order valence-electron chi connectivity index (χ1n) is 9.78. The van der Waals surface area contributed by atoms with E-state index in [1.54, 1.807) is 12.1 Å². The minimum atomic E-state index is -3.11. The van der Waals surface area contributed by atoms with Crippen molar-refractivity contribution in [1.29, 1.82) is 0 Å². The first kappa shape index (κ1) is 18.7. The molecule has 2 aliphatic heterocycles. The Hall–Kier alpha value is -1.69. The highest BCUT2D eigenvalue weighted by molar-refractivity contribution is 7.90. The number of hydrogen-bond donors (Lipinski definition) is 0. The van der Waals surface area contributed by atoms with Gasteiger partial charge in [-0.2, -0.15) is 0 Å². The molecule has 0 spiro atoms. The van der Waals surface area contributed by atoms with Crippen LogP contribution in [-0.2, 0) is 22.8 Å². The molecule has 0 saturated carbocycles. The summed E-state index contributed by atoms with van der Waals surface area (Å²) in [5.74, 6) is 0.782. The molecule has 2 fully saturated rings. The predicted octanol–water partition coefficient (Wildman–Crippen LogP) is 2.84. The molecule has 0 amide bonds. The van der Waals surface area contributed by atoms with Crippen molar-refractivity contribution in [1.82, 2.24) is 9.80 Å². The van der Waals surface area contributed by atoms with Gasteiger partial charge in [0.1, 0.15) is 0 Å². The summed E-state index contributed by atoms with van der Waals surface area (Å²) in [6.45, 7) is 5.56. The highest BCUT2D eigenvalue weighted by Gasteiger charge is 2.41. The van der Waals surface area contributed by atoms with Crippen molar-refractivity contribution in [3.8, 4) is 0 Å². The van der Waals surface area contributed by atoms with Gasteiger partial charge < -0.3 is 0 Å². The van der Waals surface area contributed by atoms with Crippen LogP contribution in [0.3, 0.4) is 0 Å². The van der Waals surface area contributed by atoms with Crippen molar-refractivity contribution in [2.75, 3.05) is 32.4 Å². The Morgan fingerprint density at radius 2 is 1.70 bits per heavy atom. The molecular formula is C22H28N2O2S. The average Bonchev–Trinajstić information content (AvgIpc) is 2.64. The molecule has 0 aliphatic carbocycles. The van der Waals surface area contributed by atoms with Crippen molar-refractivity contribution in [2.45, 2.75) is 30.3 Å². The van der Waals surface area contributed by atoms with Crippen LogP contribution in [0.25, 0.3) is 0 Å². The minimum Gasteiger partial charge on any atom is -0.299 e. The molecule has 0 N–H and O–H groups in total. The second-order valence-electron chi connectivity index (χ2n) is 8.00. The number of sulfone groups is 1. The summed E-state index contributed by atoms with van der Waals surface area (Å²) in [7, 11) is -3.11. The molecule has 4 nitrogen and oxygen atoms in total. The van der Waals surface area contributed by atoms with Crippen LogP contribution < -0.4 is 0 Å². The number of likely N-dealkylation sites (tertiary alicyclic amines) is 2. The van der Waals surface area contributed by atoms with E-state index in [0.717, 1.165) is 44.6 Å². The SMILES string of the molecule is CS(=O)(=O)c1ccc(CN2CC[C@H]3[C@@H](C2)CN3CCc2ccccc2)cc1. The zero-order valence-electron chi connectivity index (χ0n) is 15.9. The van der Waals surface area contributed by atoms with Crippen LogP contribution in [0, 0.1) is 5.92 Å². The summed E-state index contributed by atoms with van der Waals surface area (Å²) < 4.78 is 23.2. The molecule has 27 heavy (non-hydrogen) atoms. The van der Waals surface area contributed by atoms with Crippen LogP contribution in [0.1, 0.15) is 17.5 Å². The molecule has 2 aromatic carbocycles. The van der Waals surface area contributed by atoms with Crippen LogP contribution in [-0.4, -0.2) is 56.7 Å². The minimum absolute atomic E-state index is 0.401. The number of nitrogens with zero attached hydrogens (tertiary/aromatic N) is 2. The lowest BCUT2D eigenvalue weighted by atomic mass is 9.82. The van der Waals surface area contributed by atoms with Gasteiger partial charge in [0.25, 0.3) is 0 Å². The van der Waals surface area contributed by atoms with Crippen LogP contribution >= 0.6 is 0 Å². The van der Waals surface area contributed by atoms with Gasteiger partial charge in [0.2, 0.25) is 0 Å². The Bertz CT molecular complexity index is 865. The summed E-state index contributed by atoms with van der Waals surface area (Å²) in [5.41, 5.74) is 2.62. The van der Waals surface area contributed by atoms with E-state index in [0.29, 0.717) is 4.90 Å². The number of rotatable bonds is 6. The molecule has 2 aromatic rings. The van der Waals surface area contributed by atoms with Crippen LogP contribution in [0.15, 0.2) is 59.5 Å². The number of piperidine rings is 1.